The number of nitrogens with one attached hydrogen (secondary N) is 1. The van der Waals surface area contributed by atoms with Crippen molar-refractivity contribution in [1.29, 1.82) is 0 Å². The first-order chi connectivity index (χ1) is 12.6. The average molecular weight is 375 g/mol. The number of hydrogen-bond acceptors (Lipinski definition) is 5. The van der Waals surface area contributed by atoms with Crippen LogP contribution in [0.5, 0.6) is 17.2 Å². The molecule has 134 valence electrons. The zero-order chi connectivity index (χ0) is 18.1. The highest BCUT2D eigenvalue weighted by molar-refractivity contribution is 6.31. The highest BCUT2D eigenvalue weighted by Gasteiger charge is 2.27. The topological polar surface area (TPSA) is 77.1 Å². The molecule has 0 atom stereocenters. The molecule has 0 saturated heterocycles. The molecule has 1 N–H and O–H groups in total. The molecule has 2 aliphatic rings. The van der Waals surface area contributed by atoms with Gasteiger partial charge < -0.3 is 19.5 Å². The summed E-state index contributed by atoms with van der Waals surface area (Å²) in [6, 6.07) is 10.4. The van der Waals surface area contributed by atoms with Crippen LogP contribution in [0.3, 0.4) is 0 Å². The van der Waals surface area contributed by atoms with Gasteiger partial charge in [-0.2, -0.15) is 0 Å². The van der Waals surface area contributed by atoms with Crippen LogP contribution in [-0.4, -0.2) is 31.8 Å². The number of fused-ring (bicyclic) bond motifs is 2. The third kappa shape index (κ3) is 3.25. The van der Waals surface area contributed by atoms with Gasteiger partial charge in [0.25, 0.3) is 5.91 Å². The first-order valence-corrected chi connectivity index (χ1v) is 8.36. The summed E-state index contributed by atoms with van der Waals surface area (Å²) in [7, 11) is 0. The normalized spacial score (nSPS) is 14.7. The molecule has 0 radical (unpaired) electrons. The molecule has 2 aliphatic heterocycles. The van der Waals surface area contributed by atoms with Gasteiger partial charge in [0.05, 0.1) is 5.69 Å². The minimum Gasteiger partial charge on any atom is -0.482 e. The number of benzene rings is 2. The summed E-state index contributed by atoms with van der Waals surface area (Å²) in [5, 5.41) is 3.27. The van der Waals surface area contributed by atoms with E-state index in [1.807, 2.05) is 12.1 Å². The van der Waals surface area contributed by atoms with Gasteiger partial charge in [0, 0.05) is 11.6 Å². The van der Waals surface area contributed by atoms with Crippen LogP contribution in [0.1, 0.15) is 5.56 Å². The van der Waals surface area contributed by atoms with E-state index in [-0.39, 0.29) is 31.8 Å². The van der Waals surface area contributed by atoms with Gasteiger partial charge in [-0.3, -0.25) is 14.5 Å². The second kappa shape index (κ2) is 6.76. The Balaban J connectivity index is 1.42. The van der Waals surface area contributed by atoms with E-state index >= 15 is 0 Å². The summed E-state index contributed by atoms with van der Waals surface area (Å²) >= 11 is 6.00. The quantitative estimate of drug-likeness (QED) is 0.887. The van der Waals surface area contributed by atoms with Crippen molar-refractivity contribution < 1.29 is 23.8 Å². The number of halogens is 1. The van der Waals surface area contributed by atoms with E-state index in [0.29, 0.717) is 34.5 Å². The van der Waals surface area contributed by atoms with Crippen LogP contribution in [0.2, 0.25) is 5.02 Å². The molecule has 0 unspecified atom stereocenters. The molecule has 8 heteroatoms. The molecule has 0 fully saturated rings. The third-order valence-corrected chi connectivity index (χ3v) is 4.33. The molecule has 0 aliphatic carbocycles. The zero-order valence-corrected chi connectivity index (χ0v) is 14.4. The van der Waals surface area contributed by atoms with E-state index in [9.17, 15) is 9.59 Å². The molecular formula is C18H15ClN2O5. The van der Waals surface area contributed by atoms with Crippen molar-refractivity contribution in [3.63, 3.8) is 0 Å². The van der Waals surface area contributed by atoms with Crippen LogP contribution in [0, 0.1) is 0 Å². The van der Waals surface area contributed by atoms with Crippen LogP contribution in [0.15, 0.2) is 36.4 Å². The van der Waals surface area contributed by atoms with E-state index in [1.165, 1.54) is 4.90 Å². The number of carbonyl (C=O) groups is 2. The summed E-state index contributed by atoms with van der Waals surface area (Å²) in [5.41, 5.74) is 1.37. The summed E-state index contributed by atoms with van der Waals surface area (Å²) in [4.78, 5) is 25.9. The van der Waals surface area contributed by atoms with Crippen LogP contribution < -0.4 is 24.4 Å². The smallest absolute Gasteiger partial charge is 0.265 e. The van der Waals surface area contributed by atoms with E-state index < -0.39 is 0 Å². The number of nitrogens with zero attached hydrogens (tertiary/aromatic N) is 1. The molecule has 7 nitrogen and oxygen atoms in total. The van der Waals surface area contributed by atoms with Crippen LogP contribution in [-0.2, 0) is 16.1 Å². The van der Waals surface area contributed by atoms with Gasteiger partial charge in [0.15, 0.2) is 18.1 Å². The van der Waals surface area contributed by atoms with Crippen molar-refractivity contribution in [2.75, 3.05) is 24.8 Å². The number of amides is 2. The lowest BCUT2D eigenvalue weighted by molar-refractivity contribution is -0.125. The molecule has 26 heavy (non-hydrogen) atoms. The number of anilines is 1. The molecular weight excluding hydrogens is 360 g/mol. The van der Waals surface area contributed by atoms with Gasteiger partial charge in [-0.25, -0.2) is 0 Å². The van der Waals surface area contributed by atoms with E-state index in [4.69, 9.17) is 25.8 Å². The minimum absolute atomic E-state index is 0.107. The monoisotopic (exact) mass is 374 g/mol. The zero-order valence-electron chi connectivity index (χ0n) is 13.7. The van der Waals surface area contributed by atoms with Crippen molar-refractivity contribution in [2.45, 2.75) is 6.54 Å². The number of hydrogen-bond donors (Lipinski definition) is 1. The molecule has 2 aromatic carbocycles. The highest BCUT2D eigenvalue weighted by Crippen LogP contribution is 2.34. The second-order valence-corrected chi connectivity index (χ2v) is 6.28. The SMILES string of the molecule is O=C(CN1C(=O)COc2ccc(Cl)cc21)NCc1ccc2c(c1)OCO2. The van der Waals surface area contributed by atoms with E-state index in [1.54, 1.807) is 24.3 Å². The van der Waals surface area contributed by atoms with Gasteiger partial charge >= 0.3 is 0 Å². The maximum Gasteiger partial charge on any atom is 0.265 e. The summed E-state index contributed by atoms with van der Waals surface area (Å²) < 4.78 is 15.9. The van der Waals surface area contributed by atoms with Gasteiger partial charge in [-0.1, -0.05) is 17.7 Å². The fourth-order valence-corrected chi connectivity index (χ4v) is 2.97. The van der Waals surface area contributed by atoms with E-state index in [0.717, 1.165) is 5.56 Å². The van der Waals surface area contributed by atoms with Gasteiger partial charge in [-0.15, -0.1) is 0 Å². The largest absolute Gasteiger partial charge is 0.482 e. The lowest BCUT2D eigenvalue weighted by Crippen LogP contribution is -2.45. The van der Waals surface area contributed by atoms with Crippen molar-refractivity contribution in [3.05, 3.63) is 47.0 Å². The second-order valence-electron chi connectivity index (χ2n) is 5.84. The first kappa shape index (κ1) is 16.5. The van der Waals surface area contributed by atoms with Crippen molar-refractivity contribution in [2.24, 2.45) is 0 Å². The lowest BCUT2D eigenvalue weighted by atomic mass is 10.2. The fourth-order valence-electron chi connectivity index (χ4n) is 2.80. The molecule has 0 saturated carbocycles. The van der Waals surface area contributed by atoms with Gasteiger partial charge in [0.2, 0.25) is 12.7 Å². The molecule has 2 aromatic rings. The van der Waals surface area contributed by atoms with Crippen LogP contribution in [0.25, 0.3) is 0 Å². The van der Waals surface area contributed by atoms with Crippen LogP contribution in [0.4, 0.5) is 5.69 Å². The molecule has 2 amide bonds. The Labute approximate surface area is 154 Å². The average Bonchev–Trinajstić information content (AvgIpc) is 3.10. The standard InChI is InChI=1S/C18H15ClN2O5/c19-12-2-4-14-13(6-12)21(18(23)9-24-14)8-17(22)20-7-11-1-3-15-16(5-11)26-10-25-15/h1-6H,7-10H2,(H,20,22). The van der Waals surface area contributed by atoms with Crippen molar-refractivity contribution >= 4 is 29.1 Å². The van der Waals surface area contributed by atoms with Crippen LogP contribution >= 0.6 is 11.6 Å². The molecule has 2 heterocycles. The molecule has 0 spiro atoms. The Morgan fingerprint density at radius 3 is 2.77 bits per heavy atom. The van der Waals surface area contributed by atoms with Gasteiger partial charge in [0.1, 0.15) is 12.3 Å². The van der Waals surface area contributed by atoms with Crippen molar-refractivity contribution in [1.82, 2.24) is 5.32 Å². The van der Waals surface area contributed by atoms with Gasteiger partial charge in [-0.05, 0) is 35.9 Å². The molecule has 0 aromatic heterocycles. The predicted molar refractivity (Wildman–Crippen MR) is 93.7 cm³/mol. The lowest BCUT2D eigenvalue weighted by Gasteiger charge is -2.29. The number of carbonyl (C=O) groups excluding carboxylic acids is 2. The van der Waals surface area contributed by atoms with Crippen molar-refractivity contribution in [3.8, 4) is 17.2 Å². The Morgan fingerprint density at radius 2 is 1.88 bits per heavy atom. The molecule has 0 bridgehead atoms. The Bertz CT molecular complexity index is 886. The predicted octanol–water partition coefficient (Wildman–Crippen LogP) is 2.11. The Morgan fingerprint density at radius 1 is 1.08 bits per heavy atom. The number of rotatable bonds is 4. The maximum absolute atomic E-state index is 12.3. The fraction of sp³-hybridized carbons (Fsp3) is 0.222. The number of ether oxygens (including phenoxy) is 3. The highest BCUT2D eigenvalue weighted by atomic mass is 35.5. The summed E-state index contributed by atoms with van der Waals surface area (Å²) in [6.07, 6.45) is 0. The van der Waals surface area contributed by atoms with E-state index in [2.05, 4.69) is 5.32 Å². The first-order valence-electron chi connectivity index (χ1n) is 7.98. The Hall–Kier alpha value is -2.93. The summed E-state index contributed by atoms with van der Waals surface area (Å²) in [6.45, 7) is 0.298. The molecule has 4 rings (SSSR count). The maximum atomic E-state index is 12.3. The Kier molecular flexibility index (Phi) is 4.30. The third-order valence-electron chi connectivity index (χ3n) is 4.09. The minimum atomic E-state index is -0.294. The summed E-state index contributed by atoms with van der Waals surface area (Å²) in [5.74, 6) is 1.29.